The molecule has 0 fully saturated rings. The maximum atomic E-state index is 5.71. The summed E-state index contributed by atoms with van der Waals surface area (Å²) in [5.41, 5.74) is 1.35. The van der Waals surface area contributed by atoms with Crippen LogP contribution in [0.1, 0.15) is 25.8 Å². The van der Waals surface area contributed by atoms with Gasteiger partial charge in [-0.1, -0.05) is 44.2 Å². The molecular weight excluding hydrogens is 210 g/mol. The van der Waals surface area contributed by atoms with Gasteiger partial charge in [-0.3, -0.25) is 0 Å². The van der Waals surface area contributed by atoms with E-state index >= 15 is 0 Å². The zero-order valence-electron chi connectivity index (χ0n) is 10.9. The van der Waals surface area contributed by atoms with Crippen LogP contribution in [0.25, 0.3) is 0 Å². The Hall–Kier alpha value is -1.28. The maximum absolute atomic E-state index is 5.71. The van der Waals surface area contributed by atoms with Crippen LogP contribution in [0, 0.1) is 0 Å². The molecule has 1 unspecified atom stereocenters. The highest BCUT2D eigenvalue weighted by Gasteiger charge is 2.34. The third kappa shape index (κ3) is 2.37. The first-order valence-corrected chi connectivity index (χ1v) is 6.22. The smallest absolute Gasteiger partial charge is 0.110 e. The van der Waals surface area contributed by atoms with E-state index in [4.69, 9.17) is 4.74 Å². The van der Waals surface area contributed by atoms with Crippen LogP contribution in [-0.2, 0) is 10.2 Å². The van der Waals surface area contributed by atoms with Gasteiger partial charge in [0.1, 0.15) is 5.76 Å². The molecule has 0 radical (unpaired) electrons. The SMILES string of the molecule is CNC(C1=CCCO1)C(C)(C)c1ccccc1. The lowest BCUT2D eigenvalue weighted by Crippen LogP contribution is -2.44. The molecule has 17 heavy (non-hydrogen) atoms. The Kier molecular flexibility index (Phi) is 3.53. The number of hydrogen-bond donors (Lipinski definition) is 1. The van der Waals surface area contributed by atoms with E-state index in [0.29, 0.717) is 0 Å². The summed E-state index contributed by atoms with van der Waals surface area (Å²) in [4.78, 5) is 0. The normalized spacial score (nSPS) is 17.5. The lowest BCUT2D eigenvalue weighted by molar-refractivity contribution is 0.192. The average molecular weight is 231 g/mol. The predicted molar refractivity (Wildman–Crippen MR) is 71.0 cm³/mol. The van der Waals surface area contributed by atoms with Crippen LogP contribution in [0.4, 0.5) is 0 Å². The number of rotatable bonds is 4. The van der Waals surface area contributed by atoms with Gasteiger partial charge in [-0.2, -0.15) is 0 Å². The van der Waals surface area contributed by atoms with Gasteiger partial charge in [-0.15, -0.1) is 0 Å². The minimum atomic E-state index is 0.0200. The topological polar surface area (TPSA) is 21.3 Å². The molecular formula is C15H21NO. The fourth-order valence-corrected chi connectivity index (χ4v) is 2.53. The van der Waals surface area contributed by atoms with Crippen molar-refractivity contribution in [3.8, 4) is 0 Å². The van der Waals surface area contributed by atoms with Gasteiger partial charge in [0.15, 0.2) is 0 Å². The minimum Gasteiger partial charge on any atom is -0.496 e. The van der Waals surface area contributed by atoms with E-state index in [1.54, 1.807) is 0 Å². The third-order valence-electron chi connectivity index (χ3n) is 3.54. The van der Waals surface area contributed by atoms with Crippen LogP contribution in [0.5, 0.6) is 0 Å². The summed E-state index contributed by atoms with van der Waals surface area (Å²) >= 11 is 0. The molecule has 1 aromatic rings. The van der Waals surface area contributed by atoms with Gasteiger partial charge in [0.25, 0.3) is 0 Å². The summed E-state index contributed by atoms with van der Waals surface area (Å²) in [6.45, 7) is 5.33. The van der Waals surface area contributed by atoms with Crippen molar-refractivity contribution < 1.29 is 4.74 Å². The Balaban J connectivity index is 2.29. The molecule has 1 aliphatic rings. The molecule has 0 spiro atoms. The molecule has 1 aromatic carbocycles. The third-order valence-corrected chi connectivity index (χ3v) is 3.54. The van der Waals surface area contributed by atoms with Crippen LogP contribution in [0.3, 0.4) is 0 Å². The van der Waals surface area contributed by atoms with E-state index in [1.165, 1.54) is 5.56 Å². The van der Waals surface area contributed by atoms with E-state index in [1.807, 2.05) is 7.05 Å². The monoisotopic (exact) mass is 231 g/mol. The zero-order valence-corrected chi connectivity index (χ0v) is 10.9. The van der Waals surface area contributed by atoms with Crippen LogP contribution in [-0.4, -0.2) is 19.7 Å². The average Bonchev–Trinajstić information content (AvgIpc) is 2.84. The Bertz CT molecular complexity index is 395. The summed E-state index contributed by atoms with van der Waals surface area (Å²) in [7, 11) is 2.00. The number of nitrogens with one attached hydrogen (secondary N) is 1. The number of hydrogen-bond acceptors (Lipinski definition) is 2. The highest BCUT2D eigenvalue weighted by Crippen LogP contribution is 2.32. The number of benzene rings is 1. The van der Waals surface area contributed by atoms with Gasteiger partial charge >= 0.3 is 0 Å². The second-order valence-electron chi connectivity index (χ2n) is 5.05. The van der Waals surface area contributed by atoms with Crippen molar-refractivity contribution in [2.45, 2.75) is 31.7 Å². The largest absolute Gasteiger partial charge is 0.496 e. The fourth-order valence-electron chi connectivity index (χ4n) is 2.53. The van der Waals surface area contributed by atoms with E-state index in [9.17, 15) is 0 Å². The summed E-state index contributed by atoms with van der Waals surface area (Å²) < 4.78 is 5.71. The zero-order chi connectivity index (χ0) is 12.3. The molecule has 0 aliphatic carbocycles. The molecule has 0 aromatic heterocycles. The number of likely N-dealkylation sites (N-methyl/N-ethyl adjacent to an activating group) is 1. The van der Waals surface area contributed by atoms with Gasteiger partial charge in [-0.05, 0) is 18.7 Å². The molecule has 1 aliphatic heterocycles. The molecule has 0 bridgehead atoms. The Morgan fingerprint density at radius 3 is 2.47 bits per heavy atom. The second-order valence-corrected chi connectivity index (χ2v) is 5.05. The first-order valence-electron chi connectivity index (χ1n) is 6.22. The molecule has 0 saturated carbocycles. The lowest BCUT2D eigenvalue weighted by atomic mass is 9.77. The Labute approximate surface area is 104 Å². The van der Waals surface area contributed by atoms with Gasteiger partial charge in [0.05, 0.1) is 12.6 Å². The molecule has 1 atom stereocenters. The Morgan fingerprint density at radius 2 is 1.94 bits per heavy atom. The van der Waals surface area contributed by atoms with Crippen molar-refractivity contribution in [2.24, 2.45) is 0 Å². The van der Waals surface area contributed by atoms with Crippen molar-refractivity contribution in [3.05, 3.63) is 47.7 Å². The van der Waals surface area contributed by atoms with Crippen LogP contribution in [0.2, 0.25) is 0 Å². The first-order chi connectivity index (χ1) is 8.16. The van der Waals surface area contributed by atoms with Gasteiger partial charge in [0.2, 0.25) is 0 Å². The van der Waals surface area contributed by atoms with Crippen molar-refractivity contribution in [1.29, 1.82) is 0 Å². The van der Waals surface area contributed by atoms with Crippen molar-refractivity contribution in [2.75, 3.05) is 13.7 Å². The van der Waals surface area contributed by atoms with Gasteiger partial charge in [0, 0.05) is 11.8 Å². The fraction of sp³-hybridized carbons (Fsp3) is 0.467. The summed E-state index contributed by atoms with van der Waals surface area (Å²) in [5, 5.41) is 3.39. The Morgan fingerprint density at radius 1 is 1.24 bits per heavy atom. The number of ether oxygens (including phenoxy) is 1. The molecule has 0 saturated heterocycles. The quantitative estimate of drug-likeness (QED) is 0.860. The first kappa shape index (κ1) is 12.2. The molecule has 2 nitrogen and oxygen atoms in total. The molecule has 92 valence electrons. The minimum absolute atomic E-state index is 0.0200. The standard InChI is InChI=1S/C15H21NO/c1-15(2,12-8-5-4-6-9-12)14(16-3)13-10-7-11-17-13/h4-6,8-10,14,16H,7,11H2,1-3H3. The highest BCUT2D eigenvalue weighted by atomic mass is 16.5. The van der Waals surface area contributed by atoms with Gasteiger partial charge in [-0.25, -0.2) is 0 Å². The van der Waals surface area contributed by atoms with Crippen LogP contribution >= 0.6 is 0 Å². The van der Waals surface area contributed by atoms with Crippen LogP contribution in [0.15, 0.2) is 42.2 Å². The van der Waals surface area contributed by atoms with Crippen LogP contribution < -0.4 is 5.32 Å². The van der Waals surface area contributed by atoms with Crippen molar-refractivity contribution in [1.82, 2.24) is 5.32 Å². The summed E-state index contributed by atoms with van der Waals surface area (Å²) in [6.07, 6.45) is 3.23. The molecule has 2 rings (SSSR count). The maximum Gasteiger partial charge on any atom is 0.110 e. The van der Waals surface area contributed by atoms with E-state index < -0.39 is 0 Å². The van der Waals surface area contributed by atoms with Crippen molar-refractivity contribution in [3.63, 3.8) is 0 Å². The molecule has 1 heterocycles. The molecule has 0 amide bonds. The second kappa shape index (κ2) is 4.92. The van der Waals surface area contributed by atoms with E-state index in [2.05, 4.69) is 55.6 Å². The molecule has 1 N–H and O–H groups in total. The van der Waals surface area contributed by atoms with E-state index in [0.717, 1.165) is 18.8 Å². The van der Waals surface area contributed by atoms with Gasteiger partial charge < -0.3 is 10.1 Å². The summed E-state index contributed by atoms with van der Waals surface area (Å²) in [5.74, 6) is 1.08. The molecule has 2 heteroatoms. The highest BCUT2D eigenvalue weighted by molar-refractivity contribution is 5.30. The van der Waals surface area contributed by atoms with E-state index in [-0.39, 0.29) is 11.5 Å². The van der Waals surface area contributed by atoms with Crippen molar-refractivity contribution >= 4 is 0 Å². The predicted octanol–water partition coefficient (Wildman–Crippen LogP) is 2.86. The lowest BCUT2D eigenvalue weighted by Gasteiger charge is -2.35. The summed E-state index contributed by atoms with van der Waals surface area (Å²) in [6, 6.07) is 10.8.